The first-order chi connectivity index (χ1) is 27.3. The molecule has 15 nitrogen and oxygen atoms in total. The molecule has 6 aromatic carbocycles. The van der Waals surface area contributed by atoms with E-state index in [1.807, 2.05) is 70.1 Å². The minimum Gasteiger partial charge on any atom is -0.489 e. The molecular formula is C39H34N4O11S4. The first-order valence-electron chi connectivity index (χ1n) is 16.7. The van der Waals surface area contributed by atoms with Crippen LogP contribution in [0.2, 0.25) is 0 Å². The van der Waals surface area contributed by atoms with Crippen LogP contribution in [0.5, 0.6) is 5.75 Å². The molecule has 300 valence electrons. The van der Waals surface area contributed by atoms with Gasteiger partial charge in [-0.15, -0.1) is 0 Å². The molecule has 2 amide bonds. The zero-order valence-electron chi connectivity index (χ0n) is 30.0. The highest BCUT2D eigenvalue weighted by Crippen LogP contribution is 2.23. The fourth-order valence-corrected chi connectivity index (χ4v) is 9.89. The molecule has 0 heterocycles. The molecule has 0 fully saturated rings. The molecule has 0 atom stereocenters. The lowest BCUT2D eigenvalue weighted by Crippen LogP contribution is -2.32. The van der Waals surface area contributed by atoms with Gasteiger partial charge in [0.05, 0.1) is 0 Å². The van der Waals surface area contributed by atoms with Gasteiger partial charge in [-0.1, -0.05) is 97.1 Å². The topological polar surface area (TPSA) is 256 Å². The van der Waals surface area contributed by atoms with Crippen molar-refractivity contribution >= 4 is 51.9 Å². The van der Waals surface area contributed by atoms with Gasteiger partial charge in [-0.05, 0) is 77.4 Å². The number of nitrogens with one attached hydrogen (secondary N) is 2. The van der Waals surface area contributed by atoms with Gasteiger partial charge in [0.2, 0.25) is 20.0 Å². The number of nitrogens with two attached hydrogens (primary N) is 2. The molecule has 6 rings (SSSR count). The predicted octanol–water partition coefficient (Wildman–Crippen LogP) is 4.15. The molecule has 0 saturated heterocycles. The van der Waals surface area contributed by atoms with Crippen molar-refractivity contribution in [3.63, 3.8) is 0 Å². The molecule has 19 heteroatoms. The van der Waals surface area contributed by atoms with Crippen LogP contribution in [0.25, 0.3) is 11.1 Å². The van der Waals surface area contributed by atoms with Crippen LogP contribution in [0, 0.1) is 0 Å². The Morgan fingerprint density at radius 2 is 0.776 bits per heavy atom. The molecule has 0 aromatic heterocycles. The Hall–Kier alpha value is -6.22. The molecule has 0 aliphatic heterocycles. The summed E-state index contributed by atoms with van der Waals surface area (Å²) in [5.74, 6) is -1.31. The molecule has 0 spiro atoms. The first kappa shape index (κ1) is 42.9. The monoisotopic (exact) mass is 862 g/mol. The third-order valence-electron chi connectivity index (χ3n) is 7.96. The van der Waals surface area contributed by atoms with E-state index in [0.29, 0.717) is 12.4 Å². The Balaban J connectivity index is 0.000000221. The maximum absolute atomic E-state index is 12.5. The van der Waals surface area contributed by atoms with Gasteiger partial charge < -0.3 is 4.74 Å². The van der Waals surface area contributed by atoms with Gasteiger partial charge in [-0.25, -0.2) is 53.4 Å². The van der Waals surface area contributed by atoms with E-state index < -0.39 is 71.5 Å². The van der Waals surface area contributed by atoms with Crippen LogP contribution < -0.4 is 24.5 Å². The van der Waals surface area contributed by atoms with Gasteiger partial charge in [0.1, 0.15) is 31.9 Å². The number of ether oxygens (including phenoxy) is 1. The third kappa shape index (κ3) is 11.2. The third-order valence-corrected chi connectivity index (χ3v) is 12.9. The predicted molar refractivity (Wildman–Crippen MR) is 214 cm³/mol. The van der Waals surface area contributed by atoms with Gasteiger partial charge in [-0.3, -0.25) is 9.59 Å². The first-order valence-corrected chi connectivity index (χ1v) is 22.7. The summed E-state index contributed by atoms with van der Waals surface area (Å²) in [6.45, 7) is 0.338. The lowest BCUT2D eigenvalue weighted by molar-refractivity contribution is 0.0972. The Bertz CT molecular complexity index is 2880. The lowest BCUT2D eigenvalue weighted by atomic mass is 10.0. The van der Waals surface area contributed by atoms with Gasteiger partial charge in [-0.2, -0.15) is 0 Å². The van der Waals surface area contributed by atoms with Crippen molar-refractivity contribution in [2.45, 2.75) is 26.2 Å². The number of benzene rings is 6. The summed E-state index contributed by atoms with van der Waals surface area (Å²) in [5, 5.41) is 10.1. The van der Waals surface area contributed by atoms with E-state index in [0.717, 1.165) is 41.0 Å². The number of carbonyl (C=O) groups excluding carboxylic acids is 2. The highest BCUT2D eigenvalue weighted by Gasteiger charge is 2.27. The maximum atomic E-state index is 12.5. The van der Waals surface area contributed by atoms with Crippen molar-refractivity contribution in [3.05, 3.63) is 174 Å². The number of primary sulfonamides is 2. The highest BCUT2D eigenvalue weighted by atomic mass is 32.2. The van der Waals surface area contributed by atoms with E-state index in [4.69, 9.17) is 15.0 Å². The molecule has 0 radical (unpaired) electrons. The minimum atomic E-state index is -4.47. The van der Waals surface area contributed by atoms with Crippen LogP contribution in [0.3, 0.4) is 0 Å². The van der Waals surface area contributed by atoms with Gasteiger partial charge in [0.15, 0.2) is 0 Å². The van der Waals surface area contributed by atoms with Crippen molar-refractivity contribution in [2.75, 3.05) is 0 Å². The average molecular weight is 863 g/mol. The molecular weight excluding hydrogens is 829 g/mol. The second-order valence-electron chi connectivity index (χ2n) is 12.1. The average Bonchev–Trinajstić information content (AvgIpc) is 3.20. The number of hydrogen-bond acceptors (Lipinski definition) is 11. The van der Waals surface area contributed by atoms with Crippen molar-refractivity contribution in [1.82, 2.24) is 9.44 Å². The number of carbonyl (C=O) groups is 2. The number of rotatable bonds is 12. The standard InChI is InChI=1S/C20H18N2O6S2.C19H16N2O5S2/c21-29(24,25)18-8-4-5-9-19(18)30(26,27)22-20(23)16-10-12-17(13-11-16)28-14-15-6-2-1-3-7-15;20-27(23,24)17-8-4-5-9-18(17)28(25,26)21-19(22)16-12-10-15(11-13-16)14-6-2-1-3-7-14/h1-13H,14H2,(H,22,23)(H2,21,24,25);1-13H,(H,21,22)(H2,20,23,24). The summed E-state index contributed by atoms with van der Waals surface area (Å²) in [7, 11) is -17.5. The van der Waals surface area contributed by atoms with E-state index in [9.17, 15) is 43.3 Å². The molecule has 0 aliphatic carbocycles. The molecule has 0 bridgehead atoms. The smallest absolute Gasteiger partial charge is 0.265 e. The van der Waals surface area contributed by atoms with E-state index in [1.165, 1.54) is 60.7 Å². The van der Waals surface area contributed by atoms with Gasteiger partial charge in [0, 0.05) is 11.1 Å². The number of hydrogen-bond donors (Lipinski definition) is 4. The van der Waals surface area contributed by atoms with Crippen LogP contribution in [0.4, 0.5) is 0 Å². The van der Waals surface area contributed by atoms with E-state index in [1.54, 1.807) is 12.1 Å². The van der Waals surface area contributed by atoms with Crippen LogP contribution in [-0.4, -0.2) is 45.5 Å². The minimum absolute atomic E-state index is 0.0544. The summed E-state index contributed by atoms with van der Waals surface area (Å²) < 4.78 is 106. The molecule has 0 aliphatic rings. The number of sulfonamides is 4. The normalized spacial score (nSPS) is 11.7. The molecule has 6 aromatic rings. The summed E-state index contributed by atoms with van der Waals surface area (Å²) in [6.07, 6.45) is 0. The molecule has 0 unspecified atom stereocenters. The van der Waals surface area contributed by atoms with Crippen LogP contribution in [0.15, 0.2) is 177 Å². The Morgan fingerprint density at radius 3 is 1.19 bits per heavy atom. The zero-order valence-corrected chi connectivity index (χ0v) is 33.3. The van der Waals surface area contributed by atoms with Crippen molar-refractivity contribution in [1.29, 1.82) is 0 Å². The summed E-state index contributed by atoms with van der Waals surface area (Å²) in [4.78, 5) is 22.4. The molecule has 58 heavy (non-hydrogen) atoms. The number of amides is 2. The summed E-state index contributed by atoms with van der Waals surface area (Å²) in [6, 6.07) is 40.7. The Morgan fingerprint density at radius 1 is 0.431 bits per heavy atom. The fourth-order valence-electron chi connectivity index (χ4n) is 5.17. The largest absolute Gasteiger partial charge is 0.489 e. The second-order valence-corrected chi connectivity index (χ2v) is 18.5. The molecule has 6 N–H and O–H groups in total. The van der Waals surface area contributed by atoms with Crippen LogP contribution >= 0.6 is 0 Å². The van der Waals surface area contributed by atoms with Gasteiger partial charge in [0.25, 0.3) is 31.9 Å². The highest BCUT2D eigenvalue weighted by molar-refractivity contribution is 7.93. The maximum Gasteiger partial charge on any atom is 0.265 e. The SMILES string of the molecule is NS(=O)(=O)c1ccccc1S(=O)(=O)NC(=O)c1ccc(-c2ccccc2)cc1.NS(=O)(=O)c1ccccc1S(=O)(=O)NC(=O)c1ccc(OCc2ccccc2)cc1. The van der Waals surface area contributed by atoms with E-state index in [2.05, 4.69) is 0 Å². The van der Waals surface area contributed by atoms with E-state index >= 15 is 0 Å². The summed E-state index contributed by atoms with van der Waals surface area (Å²) in [5.41, 5.74) is 2.94. The van der Waals surface area contributed by atoms with Crippen molar-refractivity contribution in [3.8, 4) is 16.9 Å². The van der Waals surface area contributed by atoms with Crippen molar-refractivity contribution in [2.24, 2.45) is 10.3 Å². The van der Waals surface area contributed by atoms with Gasteiger partial charge >= 0.3 is 0 Å². The second kappa shape index (κ2) is 17.9. The Kier molecular flexibility index (Phi) is 13.3. The Labute approximate surface area is 335 Å². The van der Waals surface area contributed by atoms with E-state index in [-0.39, 0.29) is 11.1 Å². The fraction of sp³-hybridized carbons (Fsp3) is 0.0256. The summed E-state index contributed by atoms with van der Waals surface area (Å²) >= 11 is 0. The van der Waals surface area contributed by atoms with Crippen LogP contribution in [-0.2, 0) is 46.7 Å². The quantitative estimate of drug-likeness (QED) is 0.136. The van der Waals surface area contributed by atoms with Crippen LogP contribution in [0.1, 0.15) is 26.3 Å². The lowest BCUT2D eigenvalue weighted by Gasteiger charge is -2.11. The zero-order chi connectivity index (χ0) is 42.1. The molecule has 0 saturated carbocycles. The van der Waals surface area contributed by atoms with Crippen molar-refractivity contribution < 1.29 is 48.0 Å².